The smallest absolute Gasteiger partial charge is 0.194 e. The minimum Gasteiger partial charge on any atom is -0.495 e. The Morgan fingerprint density at radius 2 is 1.86 bits per heavy atom. The number of guanidine groups is 1. The standard InChI is InChI=1S/C22H36N4O2.HI/c1-4-23-21(24-18-22(10-11-22)12-17-28-5-2)26-15-13-25(14-16-26)19-8-6-7-9-20(19)27-3;/h6-9H,4-5,10-18H2,1-3H3,(H,23,24);1H. The van der Waals surface area contributed by atoms with E-state index < -0.39 is 0 Å². The Labute approximate surface area is 193 Å². The summed E-state index contributed by atoms with van der Waals surface area (Å²) in [4.78, 5) is 9.82. The number of piperazine rings is 1. The number of hydrogen-bond acceptors (Lipinski definition) is 4. The van der Waals surface area contributed by atoms with Gasteiger partial charge in [-0.25, -0.2) is 0 Å². The predicted octanol–water partition coefficient (Wildman–Crippen LogP) is 3.61. The van der Waals surface area contributed by atoms with Crippen molar-refractivity contribution >= 4 is 35.6 Å². The van der Waals surface area contributed by atoms with Crippen LogP contribution in [0.4, 0.5) is 5.69 Å². The van der Waals surface area contributed by atoms with Gasteiger partial charge in [-0.1, -0.05) is 12.1 Å². The molecule has 1 saturated carbocycles. The summed E-state index contributed by atoms with van der Waals surface area (Å²) < 4.78 is 11.1. The lowest BCUT2D eigenvalue weighted by Crippen LogP contribution is -2.52. The third kappa shape index (κ3) is 6.64. The van der Waals surface area contributed by atoms with Crippen molar-refractivity contribution in [3.8, 4) is 5.75 Å². The lowest BCUT2D eigenvalue weighted by atomic mass is 10.0. The van der Waals surface area contributed by atoms with Crippen LogP contribution in [0.15, 0.2) is 29.3 Å². The Balaban J connectivity index is 0.00000300. The summed E-state index contributed by atoms with van der Waals surface area (Å²) in [7, 11) is 1.74. The van der Waals surface area contributed by atoms with E-state index in [1.165, 1.54) is 18.5 Å². The molecule has 0 unspecified atom stereocenters. The van der Waals surface area contributed by atoms with Crippen molar-refractivity contribution in [3.63, 3.8) is 0 Å². The third-order valence-corrected chi connectivity index (χ3v) is 5.84. The minimum absolute atomic E-state index is 0. The van der Waals surface area contributed by atoms with Crippen molar-refractivity contribution in [1.82, 2.24) is 10.2 Å². The van der Waals surface area contributed by atoms with Crippen LogP contribution in [0.3, 0.4) is 0 Å². The van der Waals surface area contributed by atoms with Gasteiger partial charge in [0.25, 0.3) is 0 Å². The van der Waals surface area contributed by atoms with Crippen LogP contribution >= 0.6 is 24.0 Å². The average Bonchev–Trinajstić information content (AvgIpc) is 3.51. The lowest BCUT2D eigenvalue weighted by Gasteiger charge is -2.38. The van der Waals surface area contributed by atoms with Crippen molar-refractivity contribution in [2.45, 2.75) is 33.1 Å². The second-order valence-electron chi connectivity index (χ2n) is 7.76. The first kappa shape index (κ1) is 24.1. The number of halogens is 1. The number of aliphatic imine (C=N–C) groups is 1. The fraction of sp³-hybridized carbons (Fsp3) is 0.682. The highest BCUT2D eigenvalue weighted by Crippen LogP contribution is 2.49. The van der Waals surface area contributed by atoms with Crippen molar-refractivity contribution in [1.29, 1.82) is 0 Å². The van der Waals surface area contributed by atoms with Crippen LogP contribution in [-0.4, -0.2) is 70.5 Å². The van der Waals surface area contributed by atoms with Crippen LogP contribution in [-0.2, 0) is 4.74 Å². The first-order valence-corrected chi connectivity index (χ1v) is 10.7. The molecule has 0 amide bonds. The molecule has 0 radical (unpaired) electrons. The van der Waals surface area contributed by atoms with Crippen LogP contribution in [0.2, 0.25) is 0 Å². The van der Waals surface area contributed by atoms with Crippen LogP contribution in [0.1, 0.15) is 33.1 Å². The molecule has 0 bridgehead atoms. The number of nitrogens with zero attached hydrogens (tertiary/aromatic N) is 3. The summed E-state index contributed by atoms with van der Waals surface area (Å²) in [6, 6.07) is 8.27. The molecule has 29 heavy (non-hydrogen) atoms. The van der Waals surface area contributed by atoms with E-state index in [0.717, 1.165) is 70.6 Å². The molecule has 1 aliphatic carbocycles. The van der Waals surface area contributed by atoms with Gasteiger partial charge in [0.1, 0.15) is 5.75 Å². The van der Waals surface area contributed by atoms with Gasteiger partial charge in [0.15, 0.2) is 5.96 Å². The molecule has 1 saturated heterocycles. The predicted molar refractivity (Wildman–Crippen MR) is 131 cm³/mol. The summed E-state index contributed by atoms with van der Waals surface area (Å²) in [5.41, 5.74) is 1.56. The number of anilines is 1. The van der Waals surface area contributed by atoms with E-state index in [1.54, 1.807) is 7.11 Å². The molecule has 1 aromatic carbocycles. The topological polar surface area (TPSA) is 49.3 Å². The number of nitrogens with one attached hydrogen (secondary N) is 1. The molecule has 1 aromatic rings. The Morgan fingerprint density at radius 3 is 2.48 bits per heavy atom. The Morgan fingerprint density at radius 1 is 1.14 bits per heavy atom. The molecular formula is C22H37IN4O2. The van der Waals surface area contributed by atoms with Gasteiger partial charge in [-0.3, -0.25) is 4.99 Å². The highest BCUT2D eigenvalue weighted by Gasteiger charge is 2.42. The number of para-hydroxylation sites is 2. The van der Waals surface area contributed by atoms with Crippen LogP contribution in [0, 0.1) is 5.41 Å². The monoisotopic (exact) mass is 516 g/mol. The van der Waals surface area contributed by atoms with Crippen molar-refractivity contribution in [3.05, 3.63) is 24.3 Å². The largest absolute Gasteiger partial charge is 0.495 e. The average molecular weight is 516 g/mol. The SMILES string of the molecule is CCNC(=NCC1(CCOCC)CC1)N1CCN(c2ccccc2OC)CC1.I. The maximum atomic E-state index is 5.56. The second-order valence-corrected chi connectivity index (χ2v) is 7.76. The zero-order chi connectivity index (χ0) is 19.8. The van der Waals surface area contributed by atoms with Crippen molar-refractivity contribution in [2.75, 3.05) is 64.5 Å². The van der Waals surface area contributed by atoms with Crippen LogP contribution in [0.5, 0.6) is 5.75 Å². The molecule has 164 valence electrons. The van der Waals surface area contributed by atoms with E-state index in [2.05, 4.69) is 41.1 Å². The van der Waals surface area contributed by atoms with E-state index in [-0.39, 0.29) is 24.0 Å². The highest BCUT2D eigenvalue weighted by atomic mass is 127. The van der Waals surface area contributed by atoms with Gasteiger partial charge in [-0.05, 0) is 50.7 Å². The number of methoxy groups -OCH3 is 1. The maximum Gasteiger partial charge on any atom is 0.194 e. The van der Waals surface area contributed by atoms with Gasteiger partial charge >= 0.3 is 0 Å². The Bertz CT molecular complexity index is 643. The molecule has 2 aliphatic rings. The molecule has 0 spiro atoms. The third-order valence-electron chi connectivity index (χ3n) is 5.84. The fourth-order valence-electron chi connectivity index (χ4n) is 3.82. The van der Waals surface area contributed by atoms with Crippen molar-refractivity contribution < 1.29 is 9.47 Å². The number of rotatable bonds is 9. The van der Waals surface area contributed by atoms with Gasteiger partial charge in [-0.2, -0.15) is 0 Å². The lowest BCUT2D eigenvalue weighted by molar-refractivity contribution is 0.129. The van der Waals surface area contributed by atoms with E-state index >= 15 is 0 Å². The molecule has 3 rings (SSSR count). The maximum absolute atomic E-state index is 5.56. The van der Waals surface area contributed by atoms with E-state index in [1.807, 2.05) is 12.1 Å². The molecule has 7 heteroatoms. The molecule has 1 aliphatic heterocycles. The zero-order valence-electron chi connectivity index (χ0n) is 18.2. The molecule has 0 atom stereocenters. The van der Waals surface area contributed by atoms with E-state index in [0.29, 0.717) is 5.41 Å². The van der Waals surface area contributed by atoms with E-state index in [9.17, 15) is 0 Å². The van der Waals surface area contributed by atoms with Crippen LogP contribution in [0.25, 0.3) is 0 Å². The molecule has 6 nitrogen and oxygen atoms in total. The summed E-state index contributed by atoms with van der Waals surface area (Å²) >= 11 is 0. The van der Waals surface area contributed by atoms with Gasteiger partial charge in [0.2, 0.25) is 0 Å². The summed E-state index contributed by atoms with van der Waals surface area (Å²) in [5, 5.41) is 3.50. The molecule has 1 heterocycles. The first-order valence-electron chi connectivity index (χ1n) is 10.7. The van der Waals surface area contributed by atoms with Gasteiger partial charge in [0.05, 0.1) is 12.8 Å². The number of ether oxygens (including phenoxy) is 2. The van der Waals surface area contributed by atoms with Crippen molar-refractivity contribution in [2.24, 2.45) is 10.4 Å². The fourth-order valence-corrected chi connectivity index (χ4v) is 3.82. The summed E-state index contributed by atoms with van der Waals surface area (Å²) in [5.74, 6) is 2.01. The van der Waals surface area contributed by atoms with Crippen LogP contribution < -0.4 is 15.0 Å². The van der Waals surface area contributed by atoms with E-state index in [4.69, 9.17) is 14.5 Å². The molecule has 0 aromatic heterocycles. The Hall–Kier alpha value is -1.22. The summed E-state index contributed by atoms with van der Waals surface area (Å²) in [6.07, 6.45) is 3.69. The Kier molecular flexibility index (Phi) is 9.82. The second kappa shape index (κ2) is 11.8. The first-order chi connectivity index (χ1) is 13.7. The number of hydrogen-bond donors (Lipinski definition) is 1. The quantitative estimate of drug-likeness (QED) is 0.235. The molecule has 1 N–H and O–H groups in total. The number of benzene rings is 1. The molecule has 2 fully saturated rings. The minimum atomic E-state index is 0. The summed E-state index contributed by atoms with van der Waals surface area (Å²) in [6.45, 7) is 11.6. The van der Waals surface area contributed by atoms with Gasteiger partial charge in [0, 0.05) is 52.5 Å². The normalized spacial score (nSPS) is 18.2. The van der Waals surface area contributed by atoms with Gasteiger partial charge in [-0.15, -0.1) is 24.0 Å². The zero-order valence-corrected chi connectivity index (χ0v) is 20.5. The molecular weight excluding hydrogens is 479 g/mol. The van der Waals surface area contributed by atoms with Gasteiger partial charge < -0.3 is 24.6 Å². The highest BCUT2D eigenvalue weighted by molar-refractivity contribution is 14.0.